The predicted octanol–water partition coefficient (Wildman–Crippen LogP) is 5.67. The van der Waals surface area contributed by atoms with Gasteiger partial charge in [0.2, 0.25) is 0 Å². The third-order valence-electron chi connectivity index (χ3n) is 6.32. The first-order valence-corrected chi connectivity index (χ1v) is 13.0. The van der Waals surface area contributed by atoms with Crippen LogP contribution < -0.4 is 4.74 Å². The van der Waals surface area contributed by atoms with Gasteiger partial charge in [-0.1, -0.05) is 24.3 Å². The molecule has 6 nitrogen and oxygen atoms in total. The van der Waals surface area contributed by atoms with Crippen molar-refractivity contribution in [3.63, 3.8) is 0 Å². The number of pyridine rings is 1. The summed E-state index contributed by atoms with van der Waals surface area (Å²) < 4.78 is 29.8. The van der Waals surface area contributed by atoms with Gasteiger partial charge in [0.05, 0.1) is 15.8 Å². The molecule has 0 spiro atoms. The van der Waals surface area contributed by atoms with Crippen LogP contribution in [0.2, 0.25) is 0 Å². The molecule has 0 aliphatic carbocycles. The van der Waals surface area contributed by atoms with Crippen molar-refractivity contribution in [3.05, 3.63) is 89.6 Å². The molecular formula is C28H27NO5S. The quantitative estimate of drug-likeness (QED) is 0.336. The molecule has 4 rings (SSSR count). The summed E-state index contributed by atoms with van der Waals surface area (Å²) in [6.07, 6.45) is 2.97. The molecule has 0 radical (unpaired) electrons. The molecule has 35 heavy (non-hydrogen) atoms. The largest absolute Gasteiger partial charge is 0.507 e. The van der Waals surface area contributed by atoms with Gasteiger partial charge in [-0.2, -0.15) is 0 Å². The summed E-state index contributed by atoms with van der Waals surface area (Å²) in [6, 6.07) is 19.9. The van der Waals surface area contributed by atoms with E-state index in [1.807, 2.05) is 48.5 Å². The van der Waals surface area contributed by atoms with Crippen LogP contribution in [0.5, 0.6) is 11.5 Å². The Morgan fingerprint density at radius 3 is 2.49 bits per heavy atom. The number of carbonyl (C=O) groups is 1. The summed E-state index contributed by atoms with van der Waals surface area (Å²) in [7, 11) is -3.36. The summed E-state index contributed by atoms with van der Waals surface area (Å²) in [4.78, 5) is 16.1. The Hall–Kier alpha value is -3.71. The van der Waals surface area contributed by atoms with E-state index in [0.29, 0.717) is 11.3 Å². The maximum Gasteiger partial charge on any atom is 0.163 e. The van der Waals surface area contributed by atoms with Gasteiger partial charge in [0.15, 0.2) is 15.6 Å². The number of hydrogen-bond acceptors (Lipinski definition) is 6. The zero-order valence-electron chi connectivity index (χ0n) is 20.1. The molecule has 0 aliphatic rings. The lowest BCUT2D eigenvalue weighted by Gasteiger charge is -2.24. The van der Waals surface area contributed by atoms with Gasteiger partial charge in [0, 0.05) is 29.5 Å². The first-order chi connectivity index (χ1) is 16.5. The number of aromatic hydroxyl groups is 1. The smallest absolute Gasteiger partial charge is 0.163 e. The van der Waals surface area contributed by atoms with Gasteiger partial charge in [-0.3, -0.25) is 9.78 Å². The Kier molecular flexibility index (Phi) is 6.38. The Balaban J connectivity index is 1.71. The second-order valence-corrected chi connectivity index (χ2v) is 11.7. The lowest BCUT2D eigenvalue weighted by Crippen LogP contribution is -2.28. The third-order valence-corrected chi connectivity index (χ3v) is 8.41. The van der Waals surface area contributed by atoms with Crippen LogP contribution in [0.4, 0.5) is 0 Å². The van der Waals surface area contributed by atoms with E-state index in [1.54, 1.807) is 26.1 Å². The van der Waals surface area contributed by atoms with Crippen molar-refractivity contribution in [1.82, 2.24) is 4.98 Å². The monoisotopic (exact) mass is 489 g/mol. The first kappa shape index (κ1) is 24.4. The molecular weight excluding hydrogens is 462 g/mol. The van der Waals surface area contributed by atoms with Crippen LogP contribution in [0, 0.1) is 0 Å². The van der Waals surface area contributed by atoms with E-state index in [0.717, 1.165) is 27.6 Å². The molecule has 0 bridgehead atoms. The molecule has 0 amide bonds. The lowest BCUT2D eigenvalue weighted by molar-refractivity contribution is 0.101. The molecule has 0 aliphatic heterocycles. The van der Waals surface area contributed by atoms with Crippen molar-refractivity contribution in [2.75, 3.05) is 6.26 Å². The molecule has 180 valence electrons. The maximum atomic E-state index is 12.5. The highest BCUT2D eigenvalue weighted by atomic mass is 32.2. The zero-order chi connectivity index (χ0) is 25.4. The number of Topliss-reactive ketones (excluding diaryl/α,β-unsaturated/α-hetero) is 1. The van der Waals surface area contributed by atoms with E-state index < -0.39 is 14.6 Å². The predicted molar refractivity (Wildman–Crippen MR) is 137 cm³/mol. The van der Waals surface area contributed by atoms with E-state index >= 15 is 0 Å². The number of phenolic OH excluding ortho intramolecular Hbond substituents is 1. The van der Waals surface area contributed by atoms with Crippen molar-refractivity contribution < 1.29 is 23.1 Å². The summed E-state index contributed by atoms with van der Waals surface area (Å²) in [5.41, 5.74) is 4.32. The van der Waals surface area contributed by atoms with Crippen LogP contribution in [0.15, 0.2) is 72.9 Å². The first-order valence-electron chi connectivity index (χ1n) is 11.1. The molecule has 1 N–H and O–H groups in total. The van der Waals surface area contributed by atoms with Crippen LogP contribution in [-0.2, 0) is 21.2 Å². The minimum atomic E-state index is -3.36. The lowest BCUT2D eigenvalue weighted by atomic mass is 9.93. The van der Waals surface area contributed by atoms with Gasteiger partial charge < -0.3 is 9.84 Å². The van der Waals surface area contributed by atoms with Gasteiger partial charge >= 0.3 is 0 Å². The number of hydrogen-bond donors (Lipinski definition) is 1. The molecule has 7 heteroatoms. The van der Waals surface area contributed by atoms with Crippen molar-refractivity contribution in [1.29, 1.82) is 0 Å². The number of ketones is 1. The van der Waals surface area contributed by atoms with Crippen molar-refractivity contribution in [3.8, 4) is 22.6 Å². The number of rotatable bonds is 7. The van der Waals surface area contributed by atoms with E-state index in [4.69, 9.17) is 4.74 Å². The van der Waals surface area contributed by atoms with E-state index in [1.165, 1.54) is 25.3 Å². The molecule has 1 heterocycles. The standard InChI is InChI=1S/C28H27NO5S/c1-18(30)24-11-10-23(16-26(24)31)34-17-19-7-5-8-20(13-19)25-15-22(28(2,3)35(4,32)33)14-21-9-6-12-29-27(21)25/h5-16,31H,17H2,1-4H3. The second kappa shape index (κ2) is 9.15. The highest BCUT2D eigenvalue weighted by molar-refractivity contribution is 7.91. The highest BCUT2D eigenvalue weighted by Crippen LogP contribution is 2.36. The van der Waals surface area contributed by atoms with Crippen LogP contribution >= 0.6 is 0 Å². The molecule has 0 fully saturated rings. The van der Waals surface area contributed by atoms with Crippen LogP contribution in [0.25, 0.3) is 22.0 Å². The normalized spacial score (nSPS) is 12.0. The van der Waals surface area contributed by atoms with Gasteiger partial charge in [-0.25, -0.2) is 8.42 Å². The number of fused-ring (bicyclic) bond motifs is 1. The van der Waals surface area contributed by atoms with Crippen LogP contribution in [0.1, 0.15) is 42.3 Å². The molecule has 0 atom stereocenters. The van der Waals surface area contributed by atoms with Gasteiger partial charge in [0.25, 0.3) is 0 Å². The molecule has 0 saturated carbocycles. The van der Waals surface area contributed by atoms with Gasteiger partial charge in [-0.15, -0.1) is 0 Å². The average Bonchev–Trinajstić information content (AvgIpc) is 2.81. The van der Waals surface area contributed by atoms with Gasteiger partial charge in [0.1, 0.15) is 18.1 Å². The Bertz CT molecular complexity index is 1540. The van der Waals surface area contributed by atoms with Crippen LogP contribution in [0.3, 0.4) is 0 Å². The molecule has 0 unspecified atom stereocenters. The SMILES string of the molecule is CC(=O)c1ccc(OCc2cccc(-c3cc(C(C)(C)S(C)(=O)=O)cc4cccnc34)c2)cc1O. The number of ether oxygens (including phenoxy) is 1. The number of aromatic nitrogens is 1. The number of nitrogens with zero attached hydrogens (tertiary/aromatic N) is 1. The minimum Gasteiger partial charge on any atom is -0.507 e. The minimum absolute atomic E-state index is 0.119. The fourth-order valence-corrected chi connectivity index (χ4v) is 4.41. The van der Waals surface area contributed by atoms with E-state index in [9.17, 15) is 18.3 Å². The molecule has 0 saturated heterocycles. The highest BCUT2D eigenvalue weighted by Gasteiger charge is 2.33. The zero-order valence-corrected chi connectivity index (χ0v) is 20.9. The number of phenols is 1. The van der Waals surface area contributed by atoms with Gasteiger partial charge in [-0.05, 0) is 73.9 Å². The fraction of sp³-hybridized carbons (Fsp3) is 0.214. The molecule has 3 aromatic carbocycles. The topological polar surface area (TPSA) is 93.6 Å². The van der Waals surface area contributed by atoms with Crippen molar-refractivity contribution in [2.24, 2.45) is 0 Å². The summed E-state index contributed by atoms with van der Waals surface area (Å²) in [6.45, 7) is 5.06. The maximum absolute atomic E-state index is 12.5. The van der Waals surface area contributed by atoms with Crippen molar-refractivity contribution >= 4 is 26.5 Å². The fourth-order valence-electron chi connectivity index (χ4n) is 3.87. The Labute approximate surface area is 205 Å². The number of sulfone groups is 1. The summed E-state index contributed by atoms with van der Waals surface area (Å²) in [5, 5.41) is 10.9. The second-order valence-electron chi connectivity index (χ2n) is 9.11. The Morgan fingerprint density at radius 1 is 1.03 bits per heavy atom. The van der Waals surface area contributed by atoms with Crippen LogP contribution in [-0.4, -0.2) is 30.5 Å². The molecule has 4 aromatic rings. The third kappa shape index (κ3) is 4.91. The summed E-state index contributed by atoms with van der Waals surface area (Å²) >= 11 is 0. The van der Waals surface area contributed by atoms with E-state index in [2.05, 4.69) is 4.98 Å². The number of carbonyl (C=O) groups excluding carboxylic acids is 1. The number of benzene rings is 3. The Morgan fingerprint density at radius 2 is 1.80 bits per heavy atom. The van der Waals surface area contributed by atoms with E-state index in [-0.39, 0.29) is 23.7 Å². The molecule has 1 aromatic heterocycles. The van der Waals surface area contributed by atoms with Crippen molar-refractivity contribution in [2.45, 2.75) is 32.1 Å². The average molecular weight is 490 g/mol. The summed E-state index contributed by atoms with van der Waals surface area (Å²) in [5.74, 6) is 0.109.